The number of hydrogen-bond donors (Lipinski definition) is 1. The fourth-order valence-electron chi connectivity index (χ4n) is 3.33. The average molecular weight is 340 g/mol. The molecule has 0 saturated carbocycles. The van der Waals surface area contributed by atoms with E-state index in [-0.39, 0.29) is 5.82 Å². The zero-order chi connectivity index (χ0) is 17.2. The van der Waals surface area contributed by atoms with Gasteiger partial charge in [-0.25, -0.2) is 4.39 Å². The van der Waals surface area contributed by atoms with Gasteiger partial charge in [-0.1, -0.05) is 19.1 Å². The van der Waals surface area contributed by atoms with Gasteiger partial charge in [-0.2, -0.15) is 0 Å². The van der Waals surface area contributed by atoms with Gasteiger partial charge in [0.1, 0.15) is 29.0 Å². The Morgan fingerprint density at radius 1 is 1.24 bits per heavy atom. The average Bonchev–Trinajstić information content (AvgIpc) is 3.26. The molecule has 0 aliphatic carbocycles. The molecule has 1 atom stereocenters. The van der Waals surface area contributed by atoms with Gasteiger partial charge in [-0.15, -0.1) is 10.2 Å². The van der Waals surface area contributed by atoms with Crippen LogP contribution in [0.2, 0.25) is 0 Å². The molecule has 0 bridgehead atoms. The van der Waals surface area contributed by atoms with E-state index in [2.05, 4.69) is 27.0 Å². The number of nitrogens with zero attached hydrogens (tertiary/aromatic N) is 3. The van der Waals surface area contributed by atoms with Gasteiger partial charge in [0.15, 0.2) is 0 Å². The van der Waals surface area contributed by atoms with Gasteiger partial charge in [0.25, 0.3) is 0 Å². The lowest BCUT2D eigenvalue weighted by Crippen LogP contribution is -2.37. The minimum absolute atomic E-state index is 0.268. The minimum Gasteiger partial charge on any atom is -0.460 e. The van der Waals surface area contributed by atoms with E-state index < -0.39 is 0 Å². The predicted molar refractivity (Wildman–Crippen MR) is 92.5 cm³/mol. The van der Waals surface area contributed by atoms with Crippen molar-refractivity contribution in [1.82, 2.24) is 20.1 Å². The number of halogens is 1. The molecule has 0 amide bonds. The van der Waals surface area contributed by atoms with Crippen LogP contribution in [-0.4, -0.2) is 20.8 Å². The van der Waals surface area contributed by atoms with Gasteiger partial charge in [-0.3, -0.25) is 0 Å². The standard InChI is InChI=1S/C19H21FN4O/c1-2-18-22-23-19-10-7-13(12-24(18)19)21-11-14-8-9-17(25-14)15-5-3-4-6-16(15)20/h3-6,8-9,13,21H,2,7,10-12H2,1H3/t13-/m0/s1. The first-order valence-electron chi connectivity index (χ1n) is 8.72. The van der Waals surface area contributed by atoms with Crippen LogP contribution in [-0.2, 0) is 25.9 Å². The van der Waals surface area contributed by atoms with Gasteiger partial charge in [-0.05, 0) is 30.7 Å². The molecule has 130 valence electrons. The summed E-state index contributed by atoms with van der Waals surface area (Å²) in [6.45, 7) is 3.60. The molecular weight excluding hydrogens is 319 g/mol. The number of fused-ring (bicyclic) bond motifs is 1. The SMILES string of the molecule is CCc1nnc2n1C[C@@H](NCc1ccc(-c3ccccc3F)o1)CC2. The van der Waals surface area contributed by atoms with Crippen LogP contribution in [0.15, 0.2) is 40.8 Å². The number of aromatic nitrogens is 3. The molecule has 0 unspecified atom stereocenters. The highest BCUT2D eigenvalue weighted by Crippen LogP contribution is 2.25. The molecule has 6 heteroatoms. The first kappa shape index (κ1) is 16.0. The van der Waals surface area contributed by atoms with E-state index >= 15 is 0 Å². The van der Waals surface area contributed by atoms with Gasteiger partial charge >= 0.3 is 0 Å². The Morgan fingerprint density at radius 2 is 2.12 bits per heavy atom. The third-order valence-corrected chi connectivity index (χ3v) is 4.71. The summed E-state index contributed by atoms with van der Waals surface area (Å²) in [6.07, 6.45) is 2.86. The highest BCUT2D eigenvalue weighted by molar-refractivity contribution is 5.58. The zero-order valence-corrected chi connectivity index (χ0v) is 14.2. The quantitative estimate of drug-likeness (QED) is 0.774. The van der Waals surface area contributed by atoms with Crippen molar-refractivity contribution in [1.29, 1.82) is 0 Å². The topological polar surface area (TPSA) is 55.9 Å². The first-order valence-corrected chi connectivity index (χ1v) is 8.72. The maximum atomic E-state index is 13.9. The fourth-order valence-corrected chi connectivity index (χ4v) is 3.33. The maximum absolute atomic E-state index is 13.9. The molecule has 3 heterocycles. The summed E-state index contributed by atoms with van der Waals surface area (Å²) >= 11 is 0. The number of hydrogen-bond acceptors (Lipinski definition) is 4. The van der Waals surface area contributed by atoms with Crippen LogP contribution >= 0.6 is 0 Å². The number of rotatable bonds is 5. The normalized spacial score (nSPS) is 16.8. The number of nitrogens with one attached hydrogen (secondary N) is 1. The second-order valence-electron chi connectivity index (χ2n) is 6.36. The third-order valence-electron chi connectivity index (χ3n) is 4.71. The van der Waals surface area contributed by atoms with Crippen LogP contribution in [0.25, 0.3) is 11.3 Å². The van der Waals surface area contributed by atoms with E-state index in [1.165, 1.54) is 6.07 Å². The molecule has 1 aromatic carbocycles. The van der Waals surface area contributed by atoms with Crippen molar-refractivity contribution in [3.05, 3.63) is 59.6 Å². The Bertz CT molecular complexity index is 856. The largest absolute Gasteiger partial charge is 0.460 e. The van der Waals surface area contributed by atoms with Crippen LogP contribution in [0, 0.1) is 5.82 Å². The summed E-state index contributed by atoms with van der Waals surface area (Å²) in [5.74, 6) is 3.23. The van der Waals surface area contributed by atoms with Crippen molar-refractivity contribution < 1.29 is 8.81 Å². The summed E-state index contributed by atoms with van der Waals surface area (Å²) in [6, 6.07) is 10.7. The highest BCUT2D eigenvalue weighted by atomic mass is 19.1. The molecule has 0 saturated heterocycles. The van der Waals surface area contributed by atoms with Gasteiger partial charge in [0.2, 0.25) is 0 Å². The van der Waals surface area contributed by atoms with Crippen LogP contribution < -0.4 is 5.32 Å². The van der Waals surface area contributed by atoms with Crippen LogP contribution in [0.3, 0.4) is 0 Å². The molecule has 0 spiro atoms. The monoisotopic (exact) mass is 340 g/mol. The number of aryl methyl sites for hydroxylation is 2. The summed E-state index contributed by atoms with van der Waals surface area (Å²) < 4.78 is 21.9. The zero-order valence-electron chi connectivity index (χ0n) is 14.2. The Morgan fingerprint density at radius 3 is 2.96 bits per heavy atom. The molecule has 25 heavy (non-hydrogen) atoms. The Hall–Kier alpha value is -2.47. The van der Waals surface area contributed by atoms with Crippen molar-refractivity contribution in [2.75, 3.05) is 0 Å². The van der Waals surface area contributed by atoms with E-state index in [1.807, 2.05) is 18.2 Å². The van der Waals surface area contributed by atoms with E-state index in [9.17, 15) is 4.39 Å². The second kappa shape index (κ2) is 6.80. The summed E-state index contributed by atoms with van der Waals surface area (Å²) in [7, 11) is 0. The van der Waals surface area contributed by atoms with Crippen LogP contribution in [0.4, 0.5) is 4.39 Å². The van der Waals surface area contributed by atoms with Crippen molar-refractivity contribution in [3.63, 3.8) is 0 Å². The van der Waals surface area contributed by atoms with Crippen molar-refractivity contribution in [2.24, 2.45) is 0 Å². The van der Waals surface area contributed by atoms with Crippen molar-refractivity contribution in [3.8, 4) is 11.3 Å². The highest BCUT2D eigenvalue weighted by Gasteiger charge is 2.22. The van der Waals surface area contributed by atoms with Crippen LogP contribution in [0.1, 0.15) is 30.8 Å². The van der Waals surface area contributed by atoms with E-state index in [4.69, 9.17) is 4.42 Å². The molecule has 1 aliphatic heterocycles. The molecule has 3 aromatic rings. The van der Waals surface area contributed by atoms with E-state index in [0.717, 1.165) is 43.2 Å². The van der Waals surface area contributed by atoms with Gasteiger partial charge < -0.3 is 14.3 Å². The Kier molecular flexibility index (Phi) is 4.36. The molecule has 0 radical (unpaired) electrons. The van der Waals surface area contributed by atoms with Gasteiger partial charge in [0, 0.05) is 25.4 Å². The predicted octanol–water partition coefficient (Wildman–Crippen LogP) is 3.34. The molecular formula is C19H21FN4O. The molecule has 0 fully saturated rings. The molecule has 2 aromatic heterocycles. The lowest BCUT2D eigenvalue weighted by atomic mass is 10.1. The smallest absolute Gasteiger partial charge is 0.137 e. The number of benzene rings is 1. The molecule has 1 N–H and O–H groups in total. The summed E-state index contributed by atoms with van der Waals surface area (Å²) in [5.41, 5.74) is 0.494. The van der Waals surface area contributed by atoms with E-state index in [1.54, 1.807) is 12.1 Å². The molecule has 4 rings (SSSR count). The number of furan rings is 1. The Labute approximate surface area is 145 Å². The van der Waals surface area contributed by atoms with Crippen molar-refractivity contribution in [2.45, 2.75) is 45.3 Å². The maximum Gasteiger partial charge on any atom is 0.137 e. The summed E-state index contributed by atoms with van der Waals surface area (Å²) in [4.78, 5) is 0. The first-order chi connectivity index (χ1) is 12.2. The molecule has 5 nitrogen and oxygen atoms in total. The molecule has 1 aliphatic rings. The third kappa shape index (κ3) is 3.22. The minimum atomic E-state index is -0.268. The lowest BCUT2D eigenvalue weighted by molar-refractivity contribution is 0.358. The van der Waals surface area contributed by atoms with Crippen LogP contribution in [0.5, 0.6) is 0 Å². The summed E-state index contributed by atoms with van der Waals surface area (Å²) in [5, 5.41) is 12.0. The van der Waals surface area contributed by atoms with E-state index in [0.29, 0.717) is 23.9 Å². The lowest BCUT2D eigenvalue weighted by Gasteiger charge is -2.25. The Balaban J connectivity index is 1.40. The fraction of sp³-hybridized carbons (Fsp3) is 0.368. The second-order valence-corrected chi connectivity index (χ2v) is 6.36. The van der Waals surface area contributed by atoms with Gasteiger partial charge in [0.05, 0.1) is 12.1 Å². The van der Waals surface area contributed by atoms with Crippen molar-refractivity contribution >= 4 is 0 Å².